The molecule has 106 valence electrons. The second kappa shape index (κ2) is 5.63. The summed E-state index contributed by atoms with van der Waals surface area (Å²) in [5, 5.41) is 5.44. The van der Waals surface area contributed by atoms with Crippen molar-refractivity contribution in [2.75, 3.05) is 13.1 Å². The molecule has 1 aliphatic rings. The number of fused-ring (bicyclic) bond motifs is 1. The van der Waals surface area contributed by atoms with Crippen LogP contribution in [0.1, 0.15) is 50.6 Å². The minimum atomic E-state index is -0.476. The summed E-state index contributed by atoms with van der Waals surface area (Å²) in [5.41, 5.74) is 0.884. The number of thiophene rings is 1. The highest BCUT2D eigenvalue weighted by atomic mass is 32.1. The third-order valence-electron chi connectivity index (χ3n) is 3.90. The van der Waals surface area contributed by atoms with E-state index in [0.717, 1.165) is 25.9 Å². The van der Waals surface area contributed by atoms with Crippen molar-refractivity contribution in [1.82, 2.24) is 10.2 Å². The minimum absolute atomic E-state index is 0.220. The van der Waals surface area contributed by atoms with Gasteiger partial charge in [0.2, 0.25) is 5.91 Å². The second-order valence-electron chi connectivity index (χ2n) is 5.63. The summed E-state index contributed by atoms with van der Waals surface area (Å²) in [7, 11) is 0. The fourth-order valence-electron chi connectivity index (χ4n) is 2.96. The number of nitrogens with zero attached hydrogens (tertiary/aromatic N) is 1. The highest BCUT2D eigenvalue weighted by Crippen LogP contribution is 2.36. The van der Waals surface area contributed by atoms with Crippen LogP contribution >= 0.6 is 11.3 Å². The Hall–Kier alpha value is -0.870. The van der Waals surface area contributed by atoms with Gasteiger partial charge in [-0.25, -0.2) is 0 Å². The molecule has 1 atom stereocenters. The van der Waals surface area contributed by atoms with Crippen molar-refractivity contribution in [1.29, 1.82) is 0 Å². The molecular weight excluding hydrogens is 256 g/mol. The predicted octanol–water partition coefficient (Wildman–Crippen LogP) is 2.97. The van der Waals surface area contributed by atoms with Crippen molar-refractivity contribution >= 4 is 17.2 Å². The molecule has 1 amide bonds. The predicted molar refractivity (Wildman–Crippen MR) is 80.5 cm³/mol. The normalized spacial score (nSPS) is 19.4. The van der Waals surface area contributed by atoms with Gasteiger partial charge in [0.1, 0.15) is 0 Å². The number of likely N-dealkylation sites (N-methyl/N-ethyl adjacent to an activating group) is 1. The van der Waals surface area contributed by atoms with Crippen molar-refractivity contribution in [3.63, 3.8) is 0 Å². The summed E-state index contributed by atoms with van der Waals surface area (Å²) in [6.45, 7) is 9.83. The first kappa shape index (κ1) is 14.5. The quantitative estimate of drug-likeness (QED) is 0.919. The molecule has 0 aromatic carbocycles. The second-order valence-corrected chi connectivity index (χ2v) is 6.63. The number of amides is 1. The van der Waals surface area contributed by atoms with Crippen molar-refractivity contribution in [3.8, 4) is 0 Å². The average Bonchev–Trinajstić information content (AvgIpc) is 2.84. The van der Waals surface area contributed by atoms with E-state index in [-0.39, 0.29) is 11.9 Å². The van der Waals surface area contributed by atoms with Crippen LogP contribution < -0.4 is 5.32 Å². The van der Waals surface area contributed by atoms with Gasteiger partial charge in [-0.05, 0) is 50.2 Å². The van der Waals surface area contributed by atoms with Crippen molar-refractivity contribution in [2.24, 2.45) is 0 Å². The Labute approximate surface area is 120 Å². The number of hydrogen-bond acceptors (Lipinski definition) is 3. The van der Waals surface area contributed by atoms with E-state index in [1.165, 1.54) is 10.4 Å². The lowest BCUT2D eigenvalue weighted by Crippen LogP contribution is -2.56. The summed E-state index contributed by atoms with van der Waals surface area (Å²) >= 11 is 1.82. The summed E-state index contributed by atoms with van der Waals surface area (Å²) in [5.74, 6) is 0.220. The molecular formula is C15H24N2OS. The number of nitrogens with one attached hydrogen (secondary N) is 1. The van der Waals surface area contributed by atoms with E-state index in [2.05, 4.69) is 28.6 Å². The Morgan fingerprint density at radius 2 is 2.26 bits per heavy atom. The SMILES string of the molecule is CCNC(C)(C)C(=O)N1CCc2sccc2C1CC. The molecule has 0 aliphatic carbocycles. The van der Waals surface area contributed by atoms with Crippen molar-refractivity contribution in [3.05, 3.63) is 21.9 Å². The average molecular weight is 280 g/mol. The van der Waals surface area contributed by atoms with Gasteiger partial charge >= 0.3 is 0 Å². The van der Waals surface area contributed by atoms with Gasteiger partial charge in [-0.3, -0.25) is 4.79 Å². The first-order chi connectivity index (χ1) is 9.01. The molecule has 0 fully saturated rings. The van der Waals surface area contributed by atoms with Crippen LogP contribution in [0.3, 0.4) is 0 Å². The van der Waals surface area contributed by atoms with Crippen LogP contribution in [0.4, 0.5) is 0 Å². The first-order valence-corrected chi connectivity index (χ1v) is 8.01. The Balaban J connectivity index is 2.24. The maximum absolute atomic E-state index is 12.8. The van der Waals surface area contributed by atoms with E-state index < -0.39 is 5.54 Å². The third kappa shape index (κ3) is 2.70. The Bertz CT molecular complexity index is 453. The van der Waals surface area contributed by atoms with E-state index >= 15 is 0 Å². The van der Waals surface area contributed by atoms with E-state index in [1.807, 2.05) is 32.1 Å². The molecule has 0 bridgehead atoms. The van der Waals surface area contributed by atoms with E-state index in [9.17, 15) is 4.79 Å². The Kier molecular flexibility index (Phi) is 4.31. The zero-order valence-electron chi connectivity index (χ0n) is 12.3. The lowest BCUT2D eigenvalue weighted by Gasteiger charge is -2.40. The van der Waals surface area contributed by atoms with Gasteiger partial charge in [0.05, 0.1) is 11.6 Å². The number of carbonyl (C=O) groups excluding carboxylic acids is 1. The van der Waals surface area contributed by atoms with E-state index in [0.29, 0.717) is 0 Å². The van der Waals surface area contributed by atoms with Crippen LogP contribution in [0.25, 0.3) is 0 Å². The molecule has 0 saturated carbocycles. The summed E-state index contributed by atoms with van der Waals surface area (Å²) in [6.07, 6.45) is 1.98. The van der Waals surface area contributed by atoms with Gasteiger partial charge in [-0.1, -0.05) is 13.8 Å². The van der Waals surface area contributed by atoms with Gasteiger partial charge in [0, 0.05) is 11.4 Å². The Morgan fingerprint density at radius 1 is 1.53 bits per heavy atom. The van der Waals surface area contributed by atoms with Gasteiger partial charge in [0.15, 0.2) is 0 Å². The summed E-state index contributed by atoms with van der Waals surface area (Å²) in [4.78, 5) is 16.3. The zero-order chi connectivity index (χ0) is 14.0. The van der Waals surface area contributed by atoms with Gasteiger partial charge in [-0.2, -0.15) is 0 Å². The van der Waals surface area contributed by atoms with Crippen LogP contribution in [0.5, 0.6) is 0 Å². The minimum Gasteiger partial charge on any atom is -0.334 e. The molecule has 3 nitrogen and oxygen atoms in total. The Morgan fingerprint density at radius 3 is 2.89 bits per heavy atom. The molecule has 1 aromatic rings. The molecule has 1 N–H and O–H groups in total. The largest absolute Gasteiger partial charge is 0.334 e. The maximum atomic E-state index is 12.8. The first-order valence-electron chi connectivity index (χ1n) is 7.13. The number of hydrogen-bond donors (Lipinski definition) is 1. The lowest BCUT2D eigenvalue weighted by atomic mass is 9.94. The van der Waals surface area contributed by atoms with Crippen LogP contribution in [-0.2, 0) is 11.2 Å². The monoisotopic (exact) mass is 280 g/mol. The third-order valence-corrected chi connectivity index (χ3v) is 4.89. The van der Waals surface area contributed by atoms with Crippen LogP contribution in [0.15, 0.2) is 11.4 Å². The number of rotatable bonds is 4. The highest BCUT2D eigenvalue weighted by molar-refractivity contribution is 7.10. The summed E-state index contributed by atoms with van der Waals surface area (Å²) < 4.78 is 0. The standard InChI is InChI=1S/C15H24N2OS/c1-5-12-11-8-10-19-13(11)7-9-17(12)14(18)15(3,4)16-6-2/h8,10,12,16H,5-7,9H2,1-4H3. The smallest absolute Gasteiger partial charge is 0.242 e. The molecule has 0 spiro atoms. The molecule has 1 aromatic heterocycles. The molecule has 2 heterocycles. The van der Waals surface area contributed by atoms with Crippen LogP contribution in [-0.4, -0.2) is 29.4 Å². The molecule has 1 unspecified atom stereocenters. The topological polar surface area (TPSA) is 32.3 Å². The molecule has 19 heavy (non-hydrogen) atoms. The fourth-order valence-corrected chi connectivity index (χ4v) is 3.88. The van der Waals surface area contributed by atoms with Gasteiger partial charge < -0.3 is 10.2 Å². The van der Waals surface area contributed by atoms with Gasteiger partial charge in [0.25, 0.3) is 0 Å². The fraction of sp³-hybridized carbons (Fsp3) is 0.667. The zero-order valence-corrected chi connectivity index (χ0v) is 13.1. The molecule has 0 saturated heterocycles. The molecule has 4 heteroatoms. The maximum Gasteiger partial charge on any atom is 0.242 e. The van der Waals surface area contributed by atoms with E-state index in [1.54, 1.807) is 0 Å². The molecule has 0 radical (unpaired) electrons. The van der Waals surface area contributed by atoms with Crippen LogP contribution in [0.2, 0.25) is 0 Å². The van der Waals surface area contributed by atoms with Gasteiger partial charge in [-0.15, -0.1) is 11.3 Å². The number of carbonyl (C=O) groups is 1. The highest BCUT2D eigenvalue weighted by Gasteiger charge is 2.37. The summed E-state index contributed by atoms with van der Waals surface area (Å²) in [6, 6.07) is 2.44. The lowest BCUT2D eigenvalue weighted by molar-refractivity contribution is -0.140. The van der Waals surface area contributed by atoms with Crippen LogP contribution in [0, 0.1) is 0 Å². The molecule has 1 aliphatic heterocycles. The van der Waals surface area contributed by atoms with Crippen molar-refractivity contribution < 1.29 is 4.79 Å². The van der Waals surface area contributed by atoms with E-state index in [4.69, 9.17) is 0 Å². The van der Waals surface area contributed by atoms with Crippen molar-refractivity contribution in [2.45, 2.75) is 52.1 Å². The molecule has 2 rings (SSSR count).